The van der Waals surface area contributed by atoms with E-state index in [1.54, 1.807) is 6.92 Å². The van der Waals surface area contributed by atoms with Crippen LogP contribution in [0.25, 0.3) is 0 Å². The van der Waals surface area contributed by atoms with Crippen molar-refractivity contribution < 1.29 is 24.3 Å². The Hall–Kier alpha value is -0.790. The zero-order valence-corrected chi connectivity index (χ0v) is 12.5. The lowest BCUT2D eigenvalue weighted by molar-refractivity contribution is -0.528. The van der Waals surface area contributed by atoms with Crippen molar-refractivity contribution in [3.8, 4) is 0 Å². The van der Waals surface area contributed by atoms with E-state index in [-0.39, 0.29) is 17.6 Å². The lowest BCUT2D eigenvalue weighted by Gasteiger charge is -2.20. The molecule has 3 rings (SSSR count). The molecule has 2 bridgehead atoms. The number of halogens is 1. The van der Waals surface area contributed by atoms with E-state index in [1.807, 2.05) is 24.3 Å². The molecule has 0 saturated carbocycles. The molecular weight excluding hydrogens is 328 g/mol. The first-order valence-electron chi connectivity index (χ1n) is 6.51. The van der Waals surface area contributed by atoms with Crippen LogP contribution < -0.4 is 0 Å². The second-order valence-electron chi connectivity index (χ2n) is 5.20. The highest BCUT2D eigenvalue weighted by molar-refractivity contribution is 9.10. The van der Waals surface area contributed by atoms with Crippen LogP contribution in [-0.2, 0) is 30.8 Å². The van der Waals surface area contributed by atoms with Crippen LogP contribution in [0.2, 0.25) is 0 Å². The van der Waals surface area contributed by atoms with Gasteiger partial charge in [0.1, 0.15) is 5.78 Å². The highest BCUT2D eigenvalue weighted by Gasteiger charge is 2.52. The van der Waals surface area contributed by atoms with Gasteiger partial charge in [0.2, 0.25) is 12.6 Å². The Morgan fingerprint density at radius 3 is 2.20 bits per heavy atom. The number of Topliss-reactive ketones (excluding diaryl/α,β-unsaturated/α-hetero) is 1. The number of hydrogen-bond donors (Lipinski definition) is 0. The smallest absolute Gasteiger partial charge is 0.232 e. The van der Waals surface area contributed by atoms with E-state index in [0.717, 1.165) is 16.5 Å². The third-order valence-corrected chi connectivity index (χ3v) is 4.15. The van der Waals surface area contributed by atoms with E-state index in [4.69, 9.17) is 19.6 Å². The minimum atomic E-state index is -0.542. The van der Waals surface area contributed by atoms with Gasteiger partial charge < -0.3 is 4.79 Å². The van der Waals surface area contributed by atoms with Crippen molar-refractivity contribution in [2.45, 2.75) is 32.3 Å². The topological polar surface area (TPSA) is 54.0 Å². The Labute approximate surface area is 125 Å². The maximum absolute atomic E-state index is 11.5. The van der Waals surface area contributed by atoms with Gasteiger partial charge in [-0.1, -0.05) is 28.1 Å². The fraction of sp³-hybridized carbons (Fsp3) is 0.500. The Balaban J connectivity index is 1.76. The van der Waals surface area contributed by atoms with E-state index >= 15 is 0 Å². The quantitative estimate of drug-likeness (QED) is 0.770. The van der Waals surface area contributed by atoms with E-state index in [0.29, 0.717) is 6.42 Å². The summed E-state index contributed by atoms with van der Waals surface area (Å²) in [5.74, 6) is 0.120. The standard InChI is InChI=1S/C14H15BrO5/c1-8(16)6-10(7-9-2-4-11(15)5-3-9)12-13-17-19-14(12)20-18-13/h2-5,10,12-14H,6-7H2,1H3. The molecule has 1 aromatic carbocycles. The maximum Gasteiger partial charge on any atom is 0.232 e. The number of carbonyl (C=O) groups is 1. The van der Waals surface area contributed by atoms with Crippen LogP contribution in [0.3, 0.4) is 0 Å². The number of carbonyl (C=O) groups excluding carboxylic acids is 1. The van der Waals surface area contributed by atoms with Crippen molar-refractivity contribution in [3.63, 3.8) is 0 Å². The second-order valence-corrected chi connectivity index (χ2v) is 6.11. The highest BCUT2D eigenvalue weighted by atomic mass is 79.9. The summed E-state index contributed by atoms with van der Waals surface area (Å²) in [5, 5.41) is 0. The van der Waals surface area contributed by atoms with Crippen molar-refractivity contribution in [2.24, 2.45) is 11.8 Å². The largest absolute Gasteiger partial charge is 0.300 e. The van der Waals surface area contributed by atoms with Crippen molar-refractivity contribution in [2.75, 3.05) is 0 Å². The molecule has 0 N–H and O–H groups in total. The minimum Gasteiger partial charge on any atom is -0.300 e. The van der Waals surface area contributed by atoms with Gasteiger partial charge in [-0.3, -0.25) is 0 Å². The summed E-state index contributed by atoms with van der Waals surface area (Å²) < 4.78 is 1.03. The number of benzene rings is 1. The molecule has 1 aromatic rings. The molecule has 1 unspecified atom stereocenters. The van der Waals surface area contributed by atoms with Crippen LogP contribution in [0.5, 0.6) is 0 Å². The normalized spacial score (nSPS) is 29.6. The molecular formula is C14H15BrO5. The van der Waals surface area contributed by atoms with E-state index < -0.39 is 12.6 Å². The summed E-state index contributed by atoms with van der Waals surface area (Å²) in [6.07, 6.45) is 0.122. The van der Waals surface area contributed by atoms with Crippen molar-refractivity contribution >= 4 is 21.7 Å². The third-order valence-electron chi connectivity index (χ3n) is 3.62. The Kier molecular flexibility index (Phi) is 4.18. The van der Waals surface area contributed by atoms with Gasteiger partial charge in [0, 0.05) is 10.9 Å². The molecule has 0 spiro atoms. The SMILES string of the molecule is CC(=O)CC(Cc1ccc(Br)cc1)C1C2OOC1OO2. The second kappa shape index (κ2) is 5.91. The van der Waals surface area contributed by atoms with Gasteiger partial charge in [0.05, 0.1) is 5.92 Å². The number of ketones is 1. The molecule has 20 heavy (non-hydrogen) atoms. The van der Waals surface area contributed by atoms with E-state index in [9.17, 15) is 4.79 Å². The average molecular weight is 343 g/mol. The van der Waals surface area contributed by atoms with Gasteiger partial charge in [0.15, 0.2) is 0 Å². The van der Waals surface area contributed by atoms with Crippen molar-refractivity contribution in [1.29, 1.82) is 0 Å². The van der Waals surface area contributed by atoms with Gasteiger partial charge in [-0.2, -0.15) is 19.6 Å². The zero-order valence-electron chi connectivity index (χ0n) is 11.0. The molecule has 2 saturated heterocycles. The fourth-order valence-electron chi connectivity index (χ4n) is 2.72. The van der Waals surface area contributed by atoms with Gasteiger partial charge in [-0.15, -0.1) is 0 Å². The van der Waals surface area contributed by atoms with Crippen molar-refractivity contribution in [3.05, 3.63) is 34.3 Å². The fourth-order valence-corrected chi connectivity index (χ4v) is 2.98. The van der Waals surface area contributed by atoms with Crippen LogP contribution in [0.15, 0.2) is 28.7 Å². The first-order chi connectivity index (χ1) is 9.63. The lowest BCUT2D eigenvalue weighted by Crippen LogP contribution is -2.28. The maximum atomic E-state index is 11.5. The highest BCUT2D eigenvalue weighted by Crippen LogP contribution is 2.41. The molecule has 0 aliphatic carbocycles. The molecule has 2 aliphatic heterocycles. The molecule has 5 nitrogen and oxygen atoms in total. The van der Waals surface area contributed by atoms with Gasteiger partial charge >= 0.3 is 0 Å². The zero-order chi connectivity index (χ0) is 14.1. The molecule has 0 aromatic heterocycles. The first kappa shape index (κ1) is 14.2. The Morgan fingerprint density at radius 1 is 1.15 bits per heavy atom. The van der Waals surface area contributed by atoms with Crippen molar-refractivity contribution in [1.82, 2.24) is 0 Å². The van der Waals surface area contributed by atoms with Crippen LogP contribution in [0.4, 0.5) is 0 Å². The molecule has 2 heterocycles. The summed E-state index contributed by atoms with van der Waals surface area (Å²) in [6, 6.07) is 8.06. The van der Waals surface area contributed by atoms with E-state index in [1.165, 1.54) is 0 Å². The minimum absolute atomic E-state index is 0.0636. The average Bonchev–Trinajstić information content (AvgIpc) is 3.00. The van der Waals surface area contributed by atoms with Crippen LogP contribution in [0, 0.1) is 11.8 Å². The first-order valence-corrected chi connectivity index (χ1v) is 7.31. The Morgan fingerprint density at radius 2 is 1.70 bits per heavy atom. The summed E-state index contributed by atoms with van der Waals surface area (Å²) in [4.78, 5) is 31.6. The van der Waals surface area contributed by atoms with Gasteiger partial charge in [0.25, 0.3) is 0 Å². The van der Waals surface area contributed by atoms with E-state index in [2.05, 4.69) is 15.9 Å². The molecule has 108 valence electrons. The number of hydrogen-bond acceptors (Lipinski definition) is 5. The molecule has 2 fully saturated rings. The third kappa shape index (κ3) is 2.94. The summed E-state index contributed by atoms with van der Waals surface area (Å²) in [5.41, 5.74) is 1.16. The summed E-state index contributed by atoms with van der Waals surface area (Å²) >= 11 is 3.41. The molecule has 1 atom stereocenters. The molecule has 2 aliphatic rings. The summed E-state index contributed by atoms with van der Waals surface area (Å²) in [7, 11) is 0. The van der Waals surface area contributed by atoms with Gasteiger partial charge in [-0.25, -0.2) is 0 Å². The monoisotopic (exact) mass is 342 g/mol. The molecule has 0 radical (unpaired) electrons. The predicted octanol–water partition coefficient (Wildman–Crippen LogP) is 2.78. The van der Waals surface area contributed by atoms with Crippen LogP contribution >= 0.6 is 15.9 Å². The van der Waals surface area contributed by atoms with Crippen LogP contribution in [0.1, 0.15) is 18.9 Å². The summed E-state index contributed by atoms with van der Waals surface area (Å²) in [6.45, 7) is 1.59. The van der Waals surface area contributed by atoms with Gasteiger partial charge in [-0.05, 0) is 37.0 Å². The predicted molar refractivity (Wildman–Crippen MR) is 72.0 cm³/mol. The van der Waals surface area contributed by atoms with Crippen LogP contribution in [-0.4, -0.2) is 18.4 Å². The molecule has 0 amide bonds. The molecule has 6 heteroatoms. The number of rotatable bonds is 5. The lowest BCUT2D eigenvalue weighted by atomic mass is 9.83. The number of fused-ring (bicyclic) bond motifs is 2. The Bertz CT molecular complexity index is 469.